The van der Waals surface area contributed by atoms with Crippen LogP contribution in [0.2, 0.25) is 0 Å². The summed E-state index contributed by atoms with van der Waals surface area (Å²) in [5.74, 6) is -0.718. The van der Waals surface area contributed by atoms with Crippen molar-refractivity contribution in [1.29, 1.82) is 0 Å². The van der Waals surface area contributed by atoms with Gasteiger partial charge in [-0.25, -0.2) is 0 Å². The van der Waals surface area contributed by atoms with Crippen LogP contribution in [0.5, 0.6) is 0 Å². The molecule has 3 rings (SSSR count). The molecule has 5 heteroatoms. The van der Waals surface area contributed by atoms with E-state index < -0.39 is 6.04 Å². The zero-order valence-corrected chi connectivity index (χ0v) is 11.8. The second-order valence-electron chi connectivity index (χ2n) is 5.22. The highest BCUT2D eigenvalue weighted by Gasteiger charge is 2.36. The van der Waals surface area contributed by atoms with Gasteiger partial charge in [-0.05, 0) is 24.1 Å². The summed E-state index contributed by atoms with van der Waals surface area (Å²) >= 11 is 0. The van der Waals surface area contributed by atoms with Gasteiger partial charge in [-0.1, -0.05) is 47.6 Å². The number of carbonyl (C=O) groups excluding carboxylic acids is 2. The Morgan fingerprint density at radius 1 is 0.864 bits per heavy atom. The third-order valence-corrected chi connectivity index (χ3v) is 3.73. The molecule has 2 aromatic carbocycles. The van der Waals surface area contributed by atoms with E-state index in [2.05, 4.69) is 5.18 Å². The Hall–Kier alpha value is -2.82. The van der Waals surface area contributed by atoms with Gasteiger partial charge in [-0.2, -0.15) is 4.91 Å². The Bertz CT molecular complexity index is 693. The minimum absolute atomic E-state index is 0.00470. The first kappa shape index (κ1) is 14.1. The van der Waals surface area contributed by atoms with Gasteiger partial charge in [0.05, 0.1) is 17.7 Å². The largest absolute Gasteiger partial charge is 0.272 e. The van der Waals surface area contributed by atoms with Crippen LogP contribution in [0.1, 0.15) is 26.3 Å². The fourth-order valence-corrected chi connectivity index (χ4v) is 2.64. The Balaban J connectivity index is 1.77. The Morgan fingerprint density at radius 2 is 1.41 bits per heavy atom. The SMILES string of the molecule is O=NC(Cc1ccccc1)CN1C(=O)c2ccccc2C1=O. The summed E-state index contributed by atoms with van der Waals surface area (Å²) in [6.07, 6.45) is 0.401. The van der Waals surface area contributed by atoms with Crippen molar-refractivity contribution in [3.63, 3.8) is 0 Å². The molecule has 0 N–H and O–H groups in total. The number of hydrogen-bond acceptors (Lipinski definition) is 4. The summed E-state index contributed by atoms with van der Waals surface area (Å²) in [7, 11) is 0. The van der Waals surface area contributed by atoms with Crippen molar-refractivity contribution in [2.75, 3.05) is 6.54 Å². The molecule has 110 valence electrons. The molecule has 1 aliphatic rings. The highest BCUT2D eigenvalue weighted by Crippen LogP contribution is 2.23. The predicted molar refractivity (Wildman–Crippen MR) is 81.5 cm³/mol. The number of rotatable bonds is 5. The maximum atomic E-state index is 12.3. The molecule has 0 bridgehead atoms. The number of nitroso groups, excluding NO2 is 1. The van der Waals surface area contributed by atoms with Gasteiger partial charge in [-0.15, -0.1) is 0 Å². The molecule has 0 aromatic heterocycles. The number of nitrogens with zero attached hydrogens (tertiary/aromatic N) is 2. The molecule has 1 unspecified atom stereocenters. The lowest BCUT2D eigenvalue weighted by molar-refractivity contribution is 0.0645. The van der Waals surface area contributed by atoms with Crippen LogP contribution in [-0.2, 0) is 6.42 Å². The fraction of sp³-hybridized carbons (Fsp3) is 0.176. The van der Waals surface area contributed by atoms with Gasteiger partial charge >= 0.3 is 0 Å². The number of fused-ring (bicyclic) bond motifs is 1. The minimum atomic E-state index is -0.649. The first-order valence-electron chi connectivity index (χ1n) is 7.02. The first-order valence-corrected chi connectivity index (χ1v) is 7.02. The molecule has 1 heterocycles. The monoisotopic (exact) mass is 294 g/mol. The topological polar surface area (TPSA) is 66.8 Å². The van der Waals surface area contributed by atoms with Crippen LogP contribution in [0.25, 0.3) is 0 Å². The van der Waals surface area contributed by atoms with E-state index in [-0.39, 0.29) is 18.4 Å². The molecule has 1 atom stereocenters. The Morgan fingerprint density at radius 3 is 1.95 bits per heavy atom. The molecule has 0 saturated heterocycles. The van der Waals surface area contributed by atoms with Crippen LogP contribution in [0.15, 0.2) is 59.8 Å². The van der Waals surface area contributed by atoms with Crippen molar-refractivity contribution in [3.05, 3.63) is 76.2 Å². The van der Waals surface area contributed by atoms with Gasteiger partial charge in [0, 0.05) is 0 Å². The van der Waals surface area contributed by atoms with E-state index in [1.807, 2.05) is 30.3 Å². The molecule has 1 aliphatic heterocycles. The molecule has 0 saturated carbocycles. The predicted octanol–water partition coefficient (Wildman–Crippen LogP) is 2.66. The molecule has 0 radical (unpaired) electrons. The van der Waals surface area contributed by atoms with Crippen LogP contribution < -0.4 is 0 Å². The number of benzene rings is 2. The summed E-state index contributed by atoms with van der Waals surface area (Å²) in [5.41, 5.74) is 1.72. The van der Waals surface area contributed by atoms with Crippen LogP contribution in [-0.4, -0.2) is 29.3 Å². The van der Waals surface area contributed by atoms with Crippen molar-refractivity contribution in [1.82, 2.24) is 4.90 Å². The van der Waals surface area contributed by atoms with Gasteiger partial charge < -0.3 is 0 Å². The van der Waals surface area contributed by atoms with E-state index in [0.717, 1.165) is 10.5 Å². The lowest BCUT2D eigenvalue weighted by atomic mass is 10.1. The van der Waals surface area contributed by atoms with E-state index in [1.54, 1.807) is 24.3 Å². The quantitative estimate of drug-likeness (QED) is 0.629. The number of hydrogen-bond donors (Lipinski definition) is 0. The van der Waals surface area contributed by atoms with Crippen LogP contribution in [0.3, 0.4) is 0 Å². The van der Waals surface area contributed by atoms with Crippen molar-refractivity contribution < 1.29 is 9.59 Å². The molecule has 22 heavy (non-hydrogen) atoms. The average molecular weight is 294 g/mol. The zero-order chi connectivity index (χ0) is 15.5. The maximum absolute atomic E-state index is 12.3. The molecular weight excluding hydrogens is 280 g/mol. The van der Waals surface area contributed by atoms with Gasteiger partial charge in [0.1, 0.15) is 6.04 Å². The summed E-state index contributed by atoms with van der Waals surface area (Å²) in [6, 6.07) is 15.4. The summed E-state index contributed by atoms with van der Waals surface area (Å²) < 4.78 is 0. The Kier molecular flexibility index (Phi) is 3.78. The maximum Gasteiger partial charge on any atom is 0.261 e. The standard InChI is InChI=1S/C17H14N2O3/c20-16-14-8-4-5-9-15(14)17(21)19(16)11-13(18-22)10-12-6-2-1-3-7-12/h1-9,13H,10-11H2. The van der Waals surface area contributed by atoms with Gasteiger partial charge in [0.15, 0.2) is 0 Å². The van der Waals surface area contributed by atoms with E-state index in [9.17, 15) is 14.5 Å². The second-order valence-corrected chi connectivity index (χ2v) is 5.22. The lowest BCUT2D eigenvalue weighted by Gasteiger charge is -2.17. The lowest BCUT2D eigenvalue weighted by Crippen LogP contribution is -2.37. The van der Waals surface area contributed by atoms with Gasteiger partial charge in [0.25, 0.3) is 11.8 Å². The molecule has 0 aliphatic carbocycles. The highest BCUT2D eigenvalue weighted by atomic mass is 16.3. The summed E-state index contributed by atoms with van der Waals surface area (Å²) in [6.45, 7) is 0.00470. The Labute approximate surface area is 127 Å². The summed E-state index contributed by atoms with van der Waals surface area (Å²) in [4.78, 5) is 36.7. The first-order chi connectivity index (χ1) is 10.7. The van der Waals surface area contributed by atoms with E-state index in [1.165, 1.54) is 0 Å². The van der Waals surface area contributed by atoms with Crippen molar-refractivity contribution >= 4 is 11.8 Å². The molecule has 2 amide bonds. The smallest absolute Gasteiger partial charge is 0.261 e. The molecule has 0 fully saturated rings. The second kappa shape index (κ2) is 5.89. The average Bonchev–Trinajstić information content (AvgIpc) is 2.80. The van der Waals surface area contributed by atoms with Crippen LogP contribution in [0.4, 0.5) is 0 Å². The molecule has 0 spiro atoms. The molecular formula is C17H14N2O3. The number of carbonyl (C=O) groups is 2. The van der Waals surface area contributed by atoms with E-state index in [4.69, 9.17) is 0 Å². The normalized spacial score (nSPS) is 14.8. The highest BCUT2D eigenvalue weighted by molar-refractivity contribution is 6.21. The minimum Gasteiger partial charge on any atom is -0.272 e. The summed E-state index contributed by atoms with van der Waals surface area (Å²) in [5, 5.41) is 3.08. The number of amides is 2. The molecule has 2 aromatic rings. The van der Waals surface area contributed by atoms with E-state index in [0.29, 0.717) is 17.5 Å². The van der Waals surface area contributed by atoms with Crippen LogP contribution in [0, 0.1) is 4.91 Å². The van der Waals surface area contributed by atoms with Gasteiger partial charge in [0.2, 0.25) is 0 Å². The van der Waals surface area contributed by atoms with E-state index >= 15 is 0 Å². The van der Waals surface area contributed by atoms with Crippen molar-refractivity contribution in [3.8, 4) is 0 Å². The van der Waals surface area contributed by atoms with Crippen molar-refractivity contribution in [2.24, 2.45) is 5.18 Å². The fourth-order valence-electron chi connectivity index (χ4n) is 2.64. The third kappa shape index (κ3) is 2.53. The van der Waals surface area contributed by atoms with Gasteiger partial charge in [-0.3, -0.25) is 14.5 Å². The van der Waals surface area contributed by atoms with Crippen LogP contribution >= 0.6 is 0 Å². The third-order valence-electron chi connectivity index (χ3n) is 3.73. The zero-order valence-electron chi connectivity index (χ0n) is 11.8. The van der Waals surface area contributed by atoms with Crippen molar-refractivity contribution in [2.45, 2.75) is 12.5 Å². The number of imide groups is 1. The molecule has 5 nitrogen and oxygen atoms in total.